The molecule has 4 heteroatoms. The maximum Gasteiger partial charge on any atom is 0.0518 e. The Balaban J connectivity index is 1.58. The first-order valence-electron chi connectivity index (χ1n) is 6.29. The maximum absolute atomic E-state index is 4.19. The minimum Gasteiger partial charge on any atom is -0.307 e. The first-order valence-corrected chi connectivity index (χ1v) is 6.29. The number of aromatic nitrogens is 2. The first-order chi connectivity index (χ1) is 7.84. The molecule has 0 amide bonds. The van der Waals surface area contributed by atoms with E-state index in [0.29, 0.717) is 6.04 Å². The summed E-state index contributed by atoms with van der Waals surface area (Å²) < 4.78 is 1.95. The summed E-state index contributed by atoms with van der Waals surface area (Å²) in [4.78, 5) is 2.64. The van der Waals surface area contributed by atoms with Crippen molar-refractivity contribution >= 4 is 0 Å². The quantitative estimate of drug-likeness (QED) is 0.816. The molecule has 88 valence electrons. The molecule has 0 aliphatic carbocycles. The van der Waals surface area contributed by atoms with Gasteiger partial charge < -0.3 is 5.32 Å². The van der Waals surface area contributed by atoms with Crippen molar-refractivity contribution in [3.63, 3.8) is 0 Å². The number of nitrogens with zero attached hydrogens (tertiary/aromatic N) is 3. The van der Waals surface area contributed by atoms with Crippen molar-refractivity contribution in [2.45, 2.75) is 37.9 Å². The lowest BCUT2D eigenvalue weighted by Crippen LogP contribution is -2.39. The molecule has 0 radical (unpaired) electrons. The zero-order chi connectivity index (χ0) is 11.0. The van der Waals surface area contributed by atoms with Gasteiger partial charge >= 0.3 is 0 Å². The monoisotopic (exact) mass is 220 g/mol. The molecule has 0 aromatic carbocycles. The molecule has 3 rings (SSSR count). The van der Waals surface area contributed by atoms with Gasteiger partial charge in [-0.25, -0.2) is 0 Å². The van der Waals surface area contributed by atoms with E-state index in [1.165, 1.54) is 38.0 Å². The second kappa shape index (κ2) is 4.18. The molecule has 1 aromatic heterocycles. The van der Waals surface area contributed by atoms with Gasteiger partial charge in [-0.15, -0.1) is 0 Å². The maximum atomic E-state index is 4.19. The Morgan fingerprint density at radius 1 is 1.44 bits per heavy atom. The van der Waals surface area contributed by atoms with Crippen LogP contribution in [0.15, 0.2) is 12.3 Å². The second-order valence-electron chi connectivity index (χ2n) is 4.97. The third-order valence-electron chi connectivity index (χ3n) is 4.07. The molecule has 0 saturated carbocycles. The van der Waals surface area contributed by atoms with Crippen LogP contribution < -0.4 is 5.32 Å². The van der Waals surface area contributed by atoms with E-state index in [1.54, 1.807) is 0 Å². The standard InChI is InChI=1S/C12H20N4/c1-15-10(4-6-14-15)9-13-11-5-8-16-7-2-3-12(11)16/h4,6,11-13H,2-3,5,7-9H2,1H3. The minimum atomic E-state index is 0.692. The fourth-order valence-corrected chi connectivity index (χ4v) is 3.13. The van der Waals surface area contributed by atoms with Crippen LogP contribution in [0.4, 0.5) is 0 Å². The fourth-order valence-electron chi connectivity index (χ4n) is 3.13. The number of aryl methyl sites for hydroxylation is 1. The number of hydrogen-bond acceptors (Lipinski definition) is 3. The summed E-state index contributed by atoms with van der Waals surface area (Å²) >= 11 is 0. The van der Waals surface area contributed by atoms with Crippen LogP contribution in [-0.4, -0.2) is 39.9 Å². The molecule has 2 aliphatic heterocycles. The van der Waals surface area contributed by atoms with E-state index >= 15 is 0 Å². The second-order valence-corrected chi connectivity index (χ2v) is 4.97. The van der Waals surface area contributed by atoms with E-state index < -0.39 is 0 Å². The summed E-state index contributed by atoms with van der Waals surface area (Å²) in [5, 5.41) is 7.89. The molecule has 2 atom stereocenters. The predicted molar refractivity (Wildman–Crippen MR) is 63.0 cm³/mol. The van der Waals surface area contributed by atoms with E-state index in [2.05, 4.69) is 21.4 Å². The molecular weight excluding hydrogens is 200 g/mol. The van der Waals surface area contributed by atoms with E-state index in [9.17, 15) is 0 Å². The lowest BCUT2D eigenvalue weighted by atomic mass is 10.1. The van der Waals surface area contributed by atoms with Crippen molar-refractivity contribution < 1.29 is 0 Å². The zero-order valence-electron chi connectivity index (χ0n) is 9.89. The Labute approximate surface area is 96.6 Å². The molecule has 16 heavy (non-hydrogen) atoms. The Kier molecular flexibility index (Phi) is 2.69. The van der Waals surface area contributed by atoms with Crippen molar-refractivity contribution in [2.75, 3.05) is 13.1 Å². The molecule has 2 unspecified atom stereocenters. The third-order valence-corrected chi connectivity index (χ3v) is 4.07. The highest BCUT2D eigenvalue weighted by Crippen LogP contribution is 2.27. The van der Waals surface area contributed by atoms with Gasteiger partial charge in [0, 0.05) is 38.4 Å². The van der Waals surface area contributed by atoms with Crippen molar-refractivity contribution in [3.8, 4) is 0 Å². The minimum absolute atomic E-state index is 0.692. The van der Waals surface area contributed by atoms with Crippen LogP contribution in [0.2, 0.25) is 0 Å². The number of fused-ring (bicyclic) bond motifs is 1. The highest BCUT2D eigenvalue weighted by atomic mass is 15.3. The van der Waals surface area contributed by atoms with Gasteiger partial charge in [0.1, 0.15) is 0 Å². The van der Waals surface area contributed by atoms with Crippen molar-refractivity contribution in [3.05, 3.63) is 18.0 Å². The third kappa shape index (κ3) is 1.76. The molecule has 3 heterocycles. The molecule has 4 nitrogen and oxygen atoms in total. The van der Waals surface area contributed by atoms with Crippen LogP contribution in [0.1, 0.15) is 25.0 Å². The first kappa shape index (κ1) is 10.3. The van der Waals surface area contributed by atoms with Crippen LogP contribution in [0.5, 0.6) is 0 Å². The summed E-state index contributed by atoms with van der Waals surface area (Å²) in [6.07, 6.45) is 5.94. The Hall–Kier alpha value is -0.870. The van der Waals surface area contributed by atoms with E-state index in [0.717, 1.165) is 12.6 Å². The average Bonchev–Trinajstić information content (AvgIpc) is 2.92. The van der Waals surface area contributed by atoms with E-state index in [1.807, 2.05) is 17.9 Å². The number of hydrogen-bond donors (Lipinski definition) is 1. The molecule has 1 N–H and O–H groups in total. The number of rotatable bonds is 3. The van der Waals surface area contributed by atoms with Gasteiger partial charge in [-0.1, -0.05) is 0 Å². The van der Waals surface area contributed by atoms with Gasteiger partial charge in [0.2, 0.25) is 0 Å². The highest BCUT2D eigenvalue weighted by molar-refractivity contribution is 5.02. The lowest BCUT2D eigenvalue weighted by molar-refractivity contribution is 0.298. The number of nitrogens with one attached hydrogen (secondary N) is 1. The Morgan fingerprint density at radius 3 is 3.19 bits per heavy atom. The average molecular weight is 220 g/mol. The van der Waals surface area contributed by atoms with Gasteiger partial charge in [0.05, 0.1) is 5.69 Å². The summed E-state index contributed by atoms with van der Waals surface area (Å²) in [6.45, 7) is 3.55. The Bertz CT molecular complexity index is 360. The van der Waals surface area contributed by atoms with Crippen molar-refractivity contribution in [1.82, 2.24) is 20.0 Å². The van der Waals surface area contributed by atoms with E-state index in [4.69, 9.17) is 0 Å². The smallest absolute Gasteiger partial charge is 0.0518 e. The zero-order valence-corrected chi connectivity index (χ0v) is 9.89. The molecule has 2 fully saturated rings. The van der Waals surface area contributed by atoms with Crippen LogP contribution in [0, 0.1) is 0 Å². The fraction of sp³-hybridized carbons (Fsp3) is 0.750. The predicted octanol–water partition coefficient (Wildman–Crippen LogP) is 0.746. The molecule has 1 aromatic rings. The summed E-state index contributed by atoms with van der Waals surface area (Å²) in [6, 6.07) is 3.58. The molecular formula is C12H20N4. The topological polar surface area (TPSA) is 33.1 Å². The van der Waals surface area contributed by atoms with Gasteiger partial charge in [-0.3, -0.25) is 9.58 Å². The molecule has 0 spiro atoms. The van der Waals surface area contributed by atoms with Gasteiger partial charge in [0.15, 0.2) is 0 Å². The van der Waals surface area contributed by atoms with Crippen LogP contribution in [-0.2, 0) is 13.6 Å². The summed E-state index contributed by atoms with van der Waals surface area (Å²) in [7, 11) is 2.01. The van der Waals surface area contributed by atoms with Crippen LogP contribution >= 0.6 is 0 Å². The van der Waals surface area contributed by atoms with E-state index in [-0.39, 0.29) is 0 Å². The molecule has 0 bridgehead atoms. The van der Waals surface area contributed by atoms with Crippen LogP contribution in [0.25, 0.3) is 0 Å². The van der Waals surface area contributed by atoms with Crippen LogP contribution in [0.3, 0.4) is 0 Å². The summed E-state index contributed by atoms with van der Waals surface area (Å²) in [5.41, 5.74) is 1.27. The normalized spacial score (nSPS) is 29.8. The summed E-state index contributed by atoms with van der Waals surface area (Å²) in [5.74, 6) is 0. The van der Waals surface area contributed by atoms with Crippen molar-refractivity contribution in [2.24, 2.45) is 7.05 Å². The molecule has 2 saturated heterocycles. The highest BCUT2D eigenvalue weighted by Gasteiger charge is 2.36. The molecule has 2 aliphatic rings. The lowest BCUT2D eigenvalue weighted by Gasteiger charge is -2.21. The van der Waals surface area contributed by atoms with Gasteiger partial charge in [-0.2, -0.15) is 5.10 Å². The van der Waals surface area contributed by atoms with Gasteiger partial charge in [0.25, 0.3) is 0 Å². The Morgan fingerprint density at radius 2 is 2.38 bits per heavy atom. The largest absolute Gasteiger partial charge is 0.307 e. The van der Waals surface area contributed by atoms with Crippen molar-refractivity contribution in [1.29, 1.82) is 0 Å². The SMILES string of the molecule is Cn1nccc1CNC1CCN2CCCC12. The van der Waals surface area contributed by atoms with Gasteiger partial charge in [-0.05, 0) is 31.9 Å².